The Hall–Kier alpha value is -1.77. The normalized spacial score (nSPS) is 29.2. The van der Waals surface area contributed by atoms with Crippen molar-refractivity contribution in [1.82, 2.24) is 9.88 Å². The van der Waals surface area contributed by atoms with E-state index < -0.39 is 0 Å². The molecule has 3 nitrogen and oxygen atoms in total. The van der Waals surface area contributed by atoms with Crippen molar-refractivity contribution in [2.75, 3.05) is 6.54 Å². The van der Waals surface area contributed by atoms with Crippen molar-refractivity contribution in [2.24, 2.45) is 17.8 Å². The molecule has 2 saturated carbocycles. The zero-order valence-corrected chi connectivity index (χ0v) is 13.6. The van der Waals surface area contributed by atoms with Crippen molar-refractivity contribution in [1.29, 1.82) is 0 Å². The highest BCUT2D eigenvalue weighted by Crippen LogP contribution is 2.49. The van der Waals surface area contributed by atoms with Crippen LogP contribution in [0.2, 0.25) is 0 Å². The fourth-order valence-corrected chi connectivity index (χ4v) is 5.36. The molecule has 1 aromatic carbocycles. The smallest absolute Gasteiger partial charge is 0.223 e. The maximum absolute atomic E-state index is 12.8. The molecule has 3 aliphatic rings. The van der Waals surface area contributed by atoms with E-state index >= 15 is 0 Å². The highest BCUT2D eigenvalue weighted by molar-refractivity contribution is 5.86. The molecule has 0 unspecified atom stereocenters. The Morgan fingerprint density at radius 2 is 2.13 bits per heavy atom. The van der Waals surface area contributed by atoms with E-state index in [1.165, 1.54) is 47.8 Å². The molecule has 23 heavy (non-hydrogen) atoms. The molecule has 1 aliphatic heterocycles. The fraction of sp³-hybridized carbons (Fsp3) is 0.550. The SMILES string of the molecule is O=C(C[C@H]1C[C@H]2CC[C@H]1C2)N1CCc2[nH]c3ccccc3c2C1. The van der Waals surface area contributed by atoms with Gasteiger partial charge in [-0.05, 0) is 43.1 Å². The molecule has 1 N–H and O–H groups in total. The van der Waals surface area contributed by atoms with E-state index in [0.717, 1.165) is 37.8 Å². The second kappa shape index (κ2) is 5.12. The van der Waals surface area contributed by atoms with E-state index in [2.05, 4.69) is 34.1 Å². The molecule has 1 amide bonds. The number of nitrogens with zero attached hydrogens (tertiary/aromatic N) is 1. The molecule has 3 atom stereocenters. The number of aromatic nitrogens is 1. The van der Waals surface area contributed by atoms with Crippen LogP contribution >= 0.6 is 0 Å². The quantitative estimate of drug-likeness (QED) is 0.898. The van der Waals surface area contributed by atoms with Crippen LogP contribution in [0.5, 0.6) is 0 Å². The van der Waals surface area contributed by atoms with E-state index in [-0.39, 0.29) is 0 Å². The first-order valence-corrected chi connectivity index (χ1v) is 9.14. The number of carbonyl (C=O) groups is 1. The predicted molar refractivity (Wildman–Crippen MR) is 91.0 cm³/mol. The Morgan fingerprint density at radius 3 is 2.96 bits per heavy atom. The van der Waals surface area contributed by atoms with Gasteiger partial charge < -0.3 is 9.88 Å². The maximum Gasteiger partial charge on any atom is 0.223 e. The van der Waals surface area contributed by atoms with Gasteiger partial charge in [-0.15, -0.1) is 0 Å². The van der Waals surface area contributed by atoms with Crippen LogP contribution in [0.1, 0.15) is 43.4 Å². The van der Waals surface area contributed by atoms with Gasteiger partial charge in [-0.3, -0.25) is 4.79 Å². The number of nitrogens with one attached hydrogen (secondary N) is 1. The van der Waals surface area contributed by atoms with Gasteiger partial charge in [0.2, 0.25) is 5.91 Å². The summed E-state index contributed by atoms with van der Waals surface area (Å²) in [6.45, 7) is 1.67. The second-order valence-electron chi connectivity index (χ2n) is 7.83. The molecule has 1 aromatic heterocycles. The van der Waals surface area contributed by atoms with Gasteiger partial charge in [0, 0.05) is 48.1 Å². The molecule has 2 aliphatic carbocycles. The summed E-state index contributed by atoms with van der Waals surface area (Å²) in [6.07, 6.45) is 7.24. The lowest BCUT2D eigenvalue weighted by Crippen LogP contribution is -2.37. The van der Waals surface area contributed by atoms with Gasteiger partial charge >= 0.3 is 0 Å². The van der Waals surface area contributed by atoms with Crippen molar-refractivity contribution >= 4 is 16.8 Å². The van der Waals surface area contributed by atoms with Crippen LogP contribution in [-0.2, 0) is 17.8 Å². The van der Waals surface area contributed by atoms with Crippen LogP contribution in [-0.4, -0.2) is 22.3 Å². The summed E-state index contributed by atoms with van der Waals surface area (Å²) < 4.78 is 0. The van der Waals surface area contributed by atoms with Crippen LogP contribution in [0.25, 0.3) is 10.9 Å². The van der Waals surface area contributed by atoms with Crippen LogP contribution in [0.3, 0.4) is 0 Å². The first-order valence-electron chi connectivity index (χ1n) is 9.14. The van der Waals surface area contributed by atoms with Gasteiger partial charge in [0.25, 0.3) is 0 Å². The molecule has 2 heterocycles. The number of aromatic amines is 1. The highest BCUT2D eigenvalue weighted by atomic mass is 16.2. The molecule has 2 fully saturated rings. The minimum atomic E-state index is 0.387. The van der Waals surface area contributed by atoms with Crippen LogP contribution in [0.15, 0.2) is 24.3 Å². The molecule has 120 valence electrons. The molecular formula is C20H24N2O. The Labute approximate surface area is 137 Å². The zero-order chi connectivity index (χ0) is 15.4. The third kappa shape index (κ3) is 2.20. The summed E-state index contributed by atoms with van der Waals surface area (Å²) in [7, 11) is 0. The van der Waals surface area contributed by atoms with E-state index in [0.29, 0.717) is 11.8 Å². The number of rotatable bonds is 2. The third-order valence-corrected chi connectivity index (χ3v) is 6.56. The lowest BCUT2D eigenvalue weighted by Gasteiger charge is -2.30. The van der Waals surface area contributed by atoms with Gasteiger partial charge in [-0.25, -0.2) is 0 Å². The summed E-state index contributed by atoms with van der Waals surface area (Å²) in [5, 5.41) is 1.29. The van der Waals surface area contributed by atoms with Crippen molar-refractivity contribution in [3.8, 4) is 0 Å². The number of hydrogen-bond donors (Lipinski definition) is 1. The van der Waals surface area contributed by atoms with E-state index in [1.807, 2.05) is 0 Å². The molecule has 0 saturated heterocycles. The average Bonchev–Trinajstić information content (AvgIpc) is 3.27. The monoisotopic (exact) mass is 308 g/mol. The van der Waals surface area contributed by atoms with Gasteiger partial charge in [-0.1, -0.05) is 24.6 Å². The summed E-state index contributed by atoms with van der Waals surface area (Å²) in [5.74, 6) is 2.83. The largest absolute Gasteiger partial charge is 0.358 e. The lowest BCUT2D eigenvalue weighted by atomic mass is 9.86. The third-order valence-electron chi connectivity index (χ3n) is 6.56. The van der Waals surface area contributed by atoms with E-state index in [1.54, 1.807) is 0 Å². The Balaban J connectivity index is 1.33. The van der Waals surface area contributed by atoms with Crippen LogP contribution in [0.4, 0.5) is 0 Å². The van der Waals surface area contributed by atoms with E-state index in [4.69, 9.17) is 0 Å². The van der Waals surface area contributed by atoms with Gasteiger partial charge in [0.1, 0.15) is 0 Å². The molecule has 0 spiro atoms. The fourth-order valence-electron chi connectivity index (χ4n) is 5.36. The number of para-hydroxylation sites is 1. The van der Waals surface area contributed by atoms with Crippen molar-refractivity contribution < 1.29 is 4.79 Å². The minimum absolute atomic E-state index is 0.387. The molecule has 2 aromatic rings. The first kappa shape index (κ1) is 13.6. The van der Waals surface area contributed by atoms with E-state index in [9.17, 15) is 4.79 Å². The van der Waals surface area contributed by atoms with Gasteiger partial charge in [0.05, 0.1) is 0 Å². The molecular weight excluding hydrogens is 284 g/mol. The standard InChI is InChI=1S/C20H24N2O/c23-20(11-15-10-13-5-6-14(15)9-13)22-8-7-19-17(12-22)16-3-1-2-4-18(16)21-19/h1-4,13-15,21H,5-12H2/t13-,14-,15+/m0/s1. The number of H-pyrrole nitrogens is 1. The Bertz CT molecular complexity index is 762. The highest BCUT2D eigenvalue weighted by Gasteiger charge is 2.40. The first-order chi connectivity index (χ1) is 11.3. The summed E-state index contributed by atoms with van der Waals surface area (Å²) in [4.78, 5) is 18.5. The summed E-state index contributed by atoms with van der Waals surface area (Å²) in [5.41, 5.74) is 3.88. The summed E-state index contributed by atoms with van der Waals surface area (Å²) >= 11 is 0. The molecule has 0 radical (unpaired) electrons. The number of carbonyl (C=O) groups excluding carboxylic acids is 1. The lowest BCUT2D eigenvalue weighted by molar-refractivity contribution is -0.133. The topological polar surface area (TPSA) is 36.1 Å². The number of benzene rings is 1. The van der Waals surface area contributed by atoms with Crippen LogP contribution < -0.4 is 0 Å². The van der Waals surface area contributed by atoms with Gasteiger partial charge in [0.15, 0.2) is 0 Å². The zero-order valence-electron chi connectivity index (χ0n) is 13.6. The van der Waals surface area contributed by atoms with Crippen molar-refractivity contribution in [3.05, 3.63) is 35.5 Å². The predicted octanol–water partition coefficient (Wildman–Crippen LogP) is 3.88. The van der Waals surface area contributed by atoms with Crippen molar-refractivity contribution in [3.63, 3.8) is 0 Å². The Morgan fingerprint density at radius 1 is 1.22 bits per heavy atom. The average molecular weight is 308 g/mol. The summed E-state index contributed by atoms with van der Waals surface area (Å²) in [6, 6.07) is 8.47. The molecule has 2 bridgehead atoms. The molecule has 5 rings (SSSR count). The molecule has 3 heteroatoms. The second-order valence-corrected chi connectivity index (χ2v) is 7.83. The maximum atomic E-state index is 12.8. The van der Waals surface area contributed by atoms with Crippen molar-refractivity contribution in [2.45, 2.75) is 45.1 Å². The number of hydrogen-bond acceptors (Lipinski definition) is 1. The minimum Gasteiger partial charge on any atom is -0.358 e. The van der Waals surface area contributed by atoms with Crippen LogP contribution in [0, 0.1) is 17.8 Å². The number of fused-ring (bicyclic) bond motifs is 5. The number of amides is 1. The Kier molecular flexibility index (Phi) is 3.04. The van der Waals surface area contributed by atoms with Gasteiger partial charge in [-0.2, -0.15) is 0 Å².